The lowest BCUT2D eigenvalue weighted by molar-refractivity contribution is -0.213. The zero-order chi connectivity index (χ0) is 15.8. The molecule has 5 nitrogen and oxygen atoms in total. The van der Waals surface area contributed by atoms with Crippen LogP contribution < -0.4 is 5.32 Å². The second kappa shape index (κ2) is 5.06. The van der Waals surface area contributed by atoms with Crippen molar-refractivity contribution in [1.82, 2.24) is 10.2 Å². The number of nitrogens with zero attached hydrogens (tertiary/aromatic N) is 2. The van der Waals surface area contributed by atoms with Crippen LogP contribution in [0.15, 0.2) is 0 Å². The van der Waals surface area contributed by atoms with Crippen molar-refractivity contribution in [3.63, 3.8) is 0 Å². The summed E-state index contributed by atoms with van der Waals surface area (Å²) in [6, 6.07) is 1.93. The highest BCUT2D eigenvalue weighted by Crippen LogP contribution is 2.42. The van der Waals surface area contributed by atoms with Crippen molar-refractivity contribution in [2.75, 3.05) is 5.32 Å². The first-order valence-electron chi connectivity index (χ1n) is 6.50. The number of anilines is 1. The molecular formula is C13H15F3N4O. The van der Waals surface area contributed by atoms with Gasteiger partial charge in [0.2, 0.25) is 5.91 Å². The summed E-state index contributed by atoms with van der Waals surface area (Å²) in [7, 11) is 0. The van der Waals surface area contributed by atoms with Gasteiger partial charge in [0.15, 0.2) is 5.82 Å². The summed E-state index contributed by atoms with van der Waals surface area (Å²) in [6.45, 7) is 1.91. The molecule has 0 aromatic carbocycles. The highest BCUT2D eigenvalue weighted by atomic mass is 19.4. The van der Waals surface area contributed by atoms with E-state index in [9.17, 15) is 18.0 Å². The molecule has 1 aliphatic carbocycles. The maximum absolute atomic E-state index is 12.7. The topological polar surface area (TPSA) is 81.6 Å². The average Bonchev–Trinajstić information content (AvgIpc) is 3.09. The number of hydrogen-bond acceptors (Lipinski definition) is 3. The lowest BCUT2D eigenvalue weighted by Crippen LogP contribution is -2.36. The highest BCUT2D eigenvalue weighted by molar-refractivity contribution is 5.91. The molecule has 2 N–H and O–H groups in total. The molecule has 0 atom stereocenters. The number of aromatic nitrogens is 2. The Balaban J connectivity index is 2.09. The zero-order valence-electron chi connectivity index (χ0n) is 11.6. The van der Waals surface area contributed by atoms with Crippen molar-refractivity contribution >= 4 is 11.7 Å². The Morgan fingerprint density at radius 2 is 2.10 bits per heavy atom. The van der Waals surface area contributed by atoms with Gasteiger partial charge in [-0.05, 0) is 12.8 Å². The van der Waals surface area contributed by atoms with Crippen molar-refractivity contribution in [2.45, 2.75) is 45.2 Å². The monoisotopic (exact) mass is 300 g/mol. The van der Waals surface area contributed by atoms with Gasteiger partial charge >= 0.3 is 6.18 Å². The summed E-state index contributed by atoms with van der Waals surface area (Å²) < 4.78 is 38.2. The van der Waals surface area contributed by atoms with Crippen LogP contribution in [0.5, 0.6) is 0 Å². The molecular weight excluding hydrogens is 285 g/mol. The van der Waals surface area contributed by atoms with Crippen LogP contribution in [-0.4, -0.2) is 22.3 Å². The molecule has 0 radical (unpaired) electrons. The van der Waals surface area contributed by atoms with Gasteiger partial charge in [-0.2, -0.15) is 23.5 Å². The molecule has 21 heavy (non-hydrogen) atoms. The number of rotatable bonds is 4. The van der Waals surface area contributed by atoms with E-state index in [2.05, 4.69) is 15.5 Å². The quantitative estimate of drug-likeness (QED) is 0.896. The first-order chi connectivity index (χ1) is 9.65. The van der Waals surface area contributed by atoms with Gasteiger partial charge in [-0.3, -0.25) is 9.89 Å². The SMILES string of the molecule is CC(C)(CC(=O)Nc1n[nH]c(C2CC2)c1C#N)C(F)(F)F. The van der Waals surface area contributed by atoms with Gasteiger partial charge in [0.25, 0.3) is 0 Å². The average molecular weight is 300 g/mol. The van der Waals surface area contributed by atoms with Crippen molar-refractivity contribution in [1.29, 1.82) is 5.26 Å². The zero-order valence-corrected chi connectivity index (χ0v) is 11.6. The predicted molar refractivity (Wildman–Crippen MR) is 68.4 cm³/mol. The predicted octanol–water partition coefficient (Wildman–Crippen LogP) is 3.08. The fourth-order valence-electron chi connectivity index (χ4n) is 1.90. The summed E-state index contributed by atoms with van der Waals surface area (Å²) >= 11 is 0. The van der Waals surface area contributed by atoms with Crippen LogP contribution in [-0.2, 0) is 4.79 Å². The van der Waals surface area contributed by atoms with E-state index in [1.54, 1.807) is 0 Å². The van der Waals surface area contributed by atoms with E-state index < -0.39 is 23.9 Å². The Morgan fingerprint density at radius 1 is 1.48 bits per heavy atom. The molecule has 2 rings (SSSR count). The Bertz CT molecular complexity index is 594. The van der Waals surface area contributed by atoms with Crippen LogP contribution in [0.1, 0.15) is 50.3 Å². The third kappa shape index (κ3) is 3.17. The van der Waals surface area contributed by atoms with Crippen LogP contribution in [0.3, 0.4) is 0 Å². The summed E-state index contributed by atoms with van der Waals surface area (Å²) in [4.78, 5) is 11.8. The van der Waals surface area contributed by atoms with Crippen molar-refractivity contribution in [3.8, 4) is 6.07 Å². The third-order valence-electron chi connectivity index (χ3n) is 3.52. The standard InChI is InChI=1S/C13H15F3N4O/c1-12(2,13(14,15)16)5-9(21)18-11-8(6-17)10(19-20-11)7-3-4-7/h7H,3-5H2,1-2H3,(H2,18,19,20,21). The lowest BCUT2D eigenvalue weighted by Gasteiger charge is -2.26. The molecule has 1 aliphatic rings. The molecule has 114 valence electrons. The fraction of sp³-hybridized carbons (Fsp3) is 0.615. The van der Waals surface area contributed by atoms with Crippen molar-refractivity contribution < 1.29 is 18.0 Å². The number of alkyl halides is 3. The summed E-state index contributed by atoms with van der Waals surface area (Å²) in [5, 5.41) is 17.9. The highest BCUT2D eigenvalue weighted by Gasteiger charge is 2.48. The molecule has 1 heterocycles. The molecule has 0 bridgehead atoms. The number of carbonyl (C=O) groups excluding carboxylic acids is 1. The second-order valence-electron chi connectivity index (χ2n) is 5.85. The summed E-state index contributed by atoms with van der Waals surface area (Å²) in [5.74, 6) is -0.588. The molecule has 1 aromatic rings. The van der Waals surface area contributed by atoms with E-state index in [1.807, 2.05) is 6.07 Å². The minimum Gasteiger partial charge on any atom is -0.308 e. The van der Waals surface area contributed by atoms with Gasteiger partial charge in [-0.15, -0.1) is 0 Å². The first kappa shape index (κ1) is 15.4. The molecule has 8 heteroatoms. The summed E-state index contributed by atoms with van der Waals surface area (Å²) in [5.41, 5.74) is -1.29. The maximum atomic E-state index is 12.7. The van der Waals surface area contributed by atoms with Gasteiger partial charge < -0.3 is 5.32 Å². The van der Waals surface area contributed by atoms with Gasteiger partial charge in [0.05, 0.1) is 11.1 Å². The van der Waals surface area contributed by atoms with Crippen LogP contribution in [0, 0.1) is 16.7 Å². The van der Waals surface area contributed by atoms with Gasteiger partial charge in [-0.1, -0.05) is 13.8 Å². The van der Waals surface area contributed by atoms with Crippen molar-refractivity contribution in [3.05, 3.63) is 11.3 Å². The molecule has 0 spiro atoms. The van der Waals surface area contributed by atoms with Crippen LogP contribution in [0.4, 0.5) is 19.0 Å². The van der Waals surface area contributed by atoms with Gasteiger partial charge in [0.1, 0.15) is 11.6 Å². The number of nitriles is 1. The van der Waals surface area contributed by atoms with E-state index in [-0.39, 0.29) is 17.3 Å². The largest absolute Gasteiger partial charge is 0.394 e. The summed E-state index contributed by atoms with van der Waals surface area (Å²) in [6.07, 6.45) is -3.34. The van der Waals surface area contributed by atoms with E-state index >= 15 is 0 Å². The molecule has 1 saturated carbocycles. The van der Waals surface area contributed by atoms with Gasteiger partial charge in [-0.25, -0.2) is 0 Å². The van der Waals surface area contributed by atoms with E-state index in [0.717, 1.165) is 26.7 Å². The van der Waals surface area contributed by atoms with Crippen LogP contribution >= 0.6 is 0 Å². The smallest absolute Gasteiger partial charge is 0.308 e. The fourth-order valence-corrected chi connectivity index (χ4v) is 1.90. The van der Waals surface area contributed by atoms with Crippen LogP contribution in [0.2, 0.25) is 0 Å². The second-order valence-corrected chi connectivity index (χ2v) is 5.85. The Kier molecular flexibility index (Phi) is 3.70. The lowest BCUT2D eigenvalue weighted by atomic mass is 9.88. The maximum Gasteiger partial charge on any atom is 0.394 e. The van der Waals surface area contributed by atoms with E-state index in [1.165, 1.54) is 0 Å². The Hall–Kier alpha value is -2.04. The third-order valence-corrected chi connectivity index (χ3v) is 3.52. The molecule has 1 fully saturated rings. The molecule has 1 amide bonds. The van der Waals surface area contributed by atoms with E-state index in [4.69, 9.17) is 5.26 Å². The van der Waals surface area contributed by atoms with Crippen LogP contribution in [0.25, 0.3) is 0 Å². The number of amides is 1. The minimum atomic E-state index is -4.48. The molecule has 1 aromatic heterocycles. The number of hydrogen-bond donors (Lipinski definition) is 2. The number of halogens is 3. The number of carbonyl (C=O) groups is 1. The normalized spacial score (nSPS) is 15.6. The Morgan fingerprint density at radius 3 is 2.57 bits per heavy atom. The first-order valence-corrected chi connectivity index (χ1v) is 6.50. The van der Waals surface area contributed by atoms with Crippen molar-refractivity contribution in [2.24, 2.45) is 5.41 Å². The minimum absolute atomic E-state index is 0.00220. The van der Waals surface area contributed by atoms with Gasteiger partial charge in [0, 0.05) is 12.3 Å². The van der Waals surface area contributed by atoms with E-state index in [0.29, 0.717) is 5.69 Å². The molecule has 0 unspecified atom stereocenters. The number of nitrogens with one attached hydrogen (secondary N) is 2. The Labute approximate surface area is 119 Å². The number of H-pyrrole nitrogens is 1. The number of aromatic amines is 1. The molecule has 0 saturated heterocycles. The molecule has 0 aliphatic heterocycles.